The maximum Gasteiger partial charge on any atom is 0.241 e. The summed E-state index contributed by atoms with van der Waals surface area (Å²) < 4.78 is 5.08. The van der Waals surface area contributed by atoms with Crippen molar-refractivity contribution in [2.45, 2.75) is 12.6 Å². The van der Waals surface area contributed by atoms with Crippen LogP contribution in [0.25, 0.3) is 0 Å². The summed E-state index contributed by atoms with van der Waals surface area (Å²) in [6.45, 7) is 0.448. The Balaban J connectivity index is 1.91. The van der Waals surface area contributed by atoms with E-state index < -0.39 is 6.04 Å². The van der Waals surface area contributed by atoms with Crippen molar-refractivity contribution in [3.63, 3.8) is 0 Å². The highest BCUT2D eigenvalue weighted by Gasteiger charge is 2.14. The first-order chi connectivity index (χ1) is 9.70. The Bertz CT molecular complexity index is 552. The molecule has 0 saturated heterocycles. The van der Waals surface area contributed by atoms with Crippen LogP contribution in [-0.2, 0) is 11.3 Å². The van der Waals surface area contributed by atoms with Gasteiger partial charge in [0, 0.05) is 6.54 Å². The Morgan fingerprint density at radius 3 is 2.40 bits per heavy atom. The second kappa shape index (κ2) is 6.73. The molecule has 2 aromatic carbocycles. The summed E-state index contributed by atoms with van der Waals surface area (Å²) in [5.74, 6) is 0.605. The molecule has 0 aliphatic rings. The van der Waals surface area contributed by atoms with E-state index in [2.05, 4.69) is 5.32 Å². The third-order valence-electron chi connectivity index (χ3n) is 3.07. The van der Waals surface area contributed by atoms with Crippen molar-refractivity contribution in [2.24, 2.45) is 5.73 Å². The van der Waals surface area contributed by atoms with Gasteiger partial charge in [-0.1, -0.05) is 42.5 Å². The minimum Gasteiger partial charge on any atom is -0.497 e. The number of ether oxygens (including phenoxy) is 1. The minimum atomic E-state index is -0.644. The largest absolute Gasteiger partial charge is 0.497 e. The van der Waals surface area contributed by atoms with Crippen molar-refractivity contribution in [3.05, 3.63) is 65.7 Å². The van der Waals surface area contributed by atoms with Gasteiger partial charge in [-0.05, 0) is 23.3 Å². The van der Waals surface area contributed by atoms with Crippen LogP contribution in [0.1, 0.15) is 17.2 Å². The zero-order chi connectivity index (χ0) is 14.4. The Kier molecular flexibility index (Phi) is 4.74. The molecule has 0 saturated carbocycles. The van der Waals surface area contributed by atoms with Crippen LogP contribution >= 0.6 is 0 Å². The average Bonchev–Trinajstić information content (AvgIpc) is 2.53. The third-order valence-corrected chi connectivity index (χ3v) is 3.07. The highest BCUT2D eigenvalue weighted by atomic mass is 16.5. The molecular formula is C16H18N2O2. The predicted octanol–water partition coefficient (Wildman–Crippen LogP) is 2.01. The lowest BCUT2D eigenvalue weighted by molar-refractivity contribution is -0.122. The van der Waals surface area contributed by atoms with Gasteiger partial charge < -0.3 is 15.8 Å². The molecule has 20 heavy (non-hydrogen) atoms. The smallest absolute Gasteiger partial charge is 0.241 e. The van der Waals surface area contributed by atoms with E-state index in [1.165, 1.54) is 0 Å². The predicted molar refractivity (Wildman–Crippen MR) is 78.2 cm³/mol. The highest BCUT2D eigenvalue weighted by Crippen LogP contribution is 2.12. The van der Waals surface area contributed by atoms with Crippen LogP contribution < -0.4 is 15.8 Å². The fourth-order valence-electron chi connectivity index (χ4n) is 1.85. The molecule has 0 radical (unpaired) electrons. The molecule has 1 atom stereocenters. The molecule has 0 bridgehead atoms. The zero-order valence-electron chi connectivity index (χ0n) is 11.4. The highest BCUT2D eigenvalue weighted by molar-refractivity contribution is 5.82. The zero-order valence-corrected chi connectivity index (χ0v) is 11.4. The van der Waals surface area contributed by atoms with Crippen molar-refractivity contribution in [1.29, 1.82) is 0 Å². The third kappa shape index (κ3) is 3.59. The van der Waals surface area contributed by atoms with E-state index in [0.717, 1.165) is 16.9 Å². The molecule has 4 heteroatoms. The lowest BCUT2D eigenvalue weighted by Gasteiger charge is -2.12. The van der Waals surface area contributed by atoms with Crippen LogP contribution in [0, 0.1) is 0 Å². The maximum atomic E-state index is 12.0. The number of carbonyl (C=O) groups is 1. The summed E-state index contributed by atoms with van der Waals surface area (Å²) in [6, 6.07) is 16.2. The van der Waals surface area contributed by atoms with Gasteiger partial charge in [0.05, 0.1) is 7.11 Å². The van der Waals surface area contributed by atoms with Gasteiger partial charge in [-0.15, -0.1) is 0 Å². The van der Waals surface area contributed by atoms with Gasteiger partial charge in [0.25, 0.3) is 0 Å². The van der Waals surface area contributed by atoms with E-state index in [1.54, 1.807) is 7.11 Å². The van der Waals surface area contributed by atoms with Gasteiger partial charge in [0.1, 0.15) is 11.8 Å². The van der Waals surface area contributed by atoms with Crippen molar-refractivity contribution in [1.82, 2.24) is 5.32 Å². The van der Waals surface area contributed by atoms with E-state index in [1.807, 2.05) is 54.6 Å². The van der Waals surface area contributed by atoms with Crippen LogP contribution in [0.4, 0.5) is 0 Å². The van der Waals surface area contributed by atoms with Gasteiger partial charge >= 0.3 is 0 Å². The van der Waals surface area contributed by atoms with E-state index >= 15 is 0 Å². The molecule has 3 N–H and O–H groups in total. The standard InChI is InChI=1S/C16H18N2O2/c1-20-14-9-7-12(8-10-14)11-18-16(19)15(17)13-5-3-2-4-6-13/h2-10,15H,11,17H2,1H3,(H,18,19)/t15-/m0/s1. The first-order valence-corrected chi connectivity index (χ1v) is 6.42. The van der Waals surface area contributed by atoms with Crippen molar-refractivity contribution < 1.29 is 9.53 Å². The quantitative estimate of drug-likeness (QED) is 0.873. The van der Waals surface area contributed by atoms with Crippen LogP contribution in [-0.4, -0.2) is 13.0 Å². The number of amides is 1. The number of hydrogen-bond donors (Lipinski definition) is 2. The SMILES string of the molecule is COc1ccc(CNC(=O)[C@@H](N)c2ccccc2)cc1. The summed E-state index contributed by atoms with van der Waals surface area (Å²) in [5, 5.41) is 2.83. The van der Waals surface area contributed by atoms with E-state index in [9.17, 15) is 4.79 Å². The first-order valence-electron chi connectivity index (χ1n) is 6.42. The van der Waals surface area contributed by atoms with Crippen LogP contribution in [0.5, 0.6) is 5.75 Å². The number of methoxy groups -OCH3 is 1. The van der Waals surface area contributed by atoms with Crippen LogP contribution in [0.2, 0.25) is 0 Å². The summed E-state index contributed by atoms with van der Waals surface area (Å²) in [6.07, 6.45) is 0. The summed E-state index contributed by atoms with van der Waals surface area (Å²) >= 11 is 0. The van der Waals surface area contributed by atoms with E-state index in [0.29, 0.717) is 6.54 Å². The molecule has 0 aliphatic carbocycles. The molecule has 0 aliphatic heterocycles. The fraction of sp³-hybridized carbons (Fsp3) is 0.188. The Labute approximate surface area is 118 Å². The number of benzene rings is 2. The average molecular weight is 270 g/mol. The normalized spacial score (nSPS) is 11.7. The van der Waals surface area contributed by atoms with Gasteiger partial charge in [-0.3, -0.25) is 4.79 Å². The molecule has 0 spiro atoms. The summed E-state index contributed by atoms with van der Waals surface area (Å²) in [4.78, 5) is 12.0. The minimum absolute atomic E-state index is 0.188. The summed E-state index contributed by atoms with van der Waals surface area (Å²) in [5.41, 5.74) is 7.72. The Morgan fingerprint density at radius 1 is 1.15 bits per heavy atom. The van der Waals surface area contributed by atoms with Crippen molar-refractivity contribution in [3.8, 4) is 5.75 Å². The molecule has 0 aromatic heterocycles. The van der Waals surface area contributed by atoms with Gasteiger partial charge in [0.2, 0.25) is 5.91 Å². The summed E-state index contributed by atoms with van der Waals surface area (Å²) in [7, 11) is 1.62. The lowest BCUT2D eigenvalue weighted by atomic mass is 10.1. The molecule has 104 valence electrons. The number of rotatable bonds is 5. The van der Waals surface area contributed by atoms with E-state index in [4.69, 9.17) is 10.5 Å². The number of nitrogens with two attached hydrogens (primary N) is 1. The second-order valence-electron chi connectivity index (χ2n) is 4.45. The second-order valence-corrected chi connectivity index (χ2v) is 4.45. The van der Waals surface area contributed by atoms with Gasteiger partial charge in [-0.25, -0.2) is 0 Å². The molecular weight excluding hydrogens is 252 g/mol. The molecule has 0 fully saturated rings. The van der Waals surface area contributed by atoms with Gasteiger partial charge in [-0.2, -0.15) is 0 Å². The fourth-order valence-corrected chi connectivity index (χ4v) is 1.85. The number of nitrogens with one attached hydrogen (secondary N) is 1. The van der Waals surface area contributed by atoms with Crippen molar-refractivity contribution >= 4 is 5.91 Å². The molecule has 2 rings (SSSR count). The van der Waals surface area contributed by atoms with Crippen LogP contribution in [0.15, 0.2) is 54.6 Å². The monoisotopic (exact) mass is 270 g/mol. The van der Waals surface area contributed by atoms with Gasteiger partial charge in [0.15, 0.2) is 0 Å². The van der Waals surface area contributed by atoms with Crippen molar-refractivity contribution in [2.75, 3.05) is 7.11 Å². The van der Waals surface area contributed by atoms with Crippen LogP contribution in [0.3, 0.4) is 0 Å². The number of hydrogen-bond acceptors (Lipinski definition) is 3. The molecule has 1 amide bonds. The lowest BCUT2D eigenvalue weighted by Crippen LogP contribution is -2.33. The molecule has 0 unspecified atom stereocenters. The maximum absolute atomic E-state index is 12.0. The number of carbonyl (C=O) groups excluding carboxylic acids is 1. The topological polar surface area (TPSA) is 64.3 Å². The molecule has 4 nitrogen and oxygen atoms in total. The van der Waals surface area contributed by atoms with E-state index in [-0.39, 0.29) is 5.91 Å². The molecule has 0 heterocycles. The Hall–Kier alpha value is -2.33. The Morgan fingerprint density at radius 2 is 1.80 bits per heavy atom. The molecule has 2 aromatic rings. The first kappa shape index (κ1) is 14.1.